The normalized spacial score (nSPS) is 14.3. The van der Waals surface area contributed by atoms with E-state index in [4.69, 9.17) is 5.73 Å². The standard InChI is InChI=1S/C18H16F6N4O3.C8H20N/c19-10-6-12(21)11(20)4-8(10)3-9(25)5-14(29)27-1-2-28-13(7-27)15(16(30)31)26-17(28)18(22,23)24;1-5-9(6-2,7-3)8-4/h4,6,9H,1-3,5,7,25H2,(H,30,31);5-8H2,1-4H3/q;+1/p-1/t9-;/m1./s1. The highest BCUT2D eigenvalue weighted by molar-refractivity contribution is 5.85. The van der Waals surface area contributed by atoms with E-state index < -0.39 is 59.6 Å². The Morgan fingerprint density at radius 3 is 2.02 bits per heavy atom. The molecule has 0 unspecified atom stereocenters. The van der Waals surface area contributed by atoms with E-state index in [0.717, 1.165) is 4.90 Å². The third-order valence-electron chi connectivity index (χ3n) is 7.50. The largest absolute Gasteiger partial charge is 0.543 e. The monoisotopic (exact) mass is 579 g/mol. The first-order valence-electron chi connectivity index (χ1n) is 13.0. The van der Waals surface area contributed by atoms with Crippen LogP contribution in [0, 0.1) is 17.5 Å². The molecule has 2 aromatic rings. The molecule has 1 aromatic carbocycles. The molecule has 2 N–H and O–H groups in total. The van der Waals surface area contributed by atoms with E-state index in [0.29, 0.717) is 16.7 Å². The number of hydrogen-bond acceptors (Lipinski definition) is 5. The molecular weight excluding hydrogens is 544 g/mol. The number of carboxylic acids is 1. The maximum absolute atomic E-state index is 13.7. The van der Waals surface area contributed by atoms with Crippen molar-refractivity contribution in [3.8, 4) is 0 Å². The van der Waals surface area contributed by atoms with Crippen molar-refractivity contribution in [3.63, 3.8) is 0 Å². The summed E-state index contributed by atoms with van der Waals surface area (Å²) in [5.41, 5.74) is 4.30. The second kappa shape index (κ2) is 13.5. The molecule has 1 aliphatic rings. The fourth-order valence-corrected chi connectivity index (χ4v) is 4.73. The number of aromatic nitrogens is 2. The van der Waals surface area contributed by atoms with Crippen molar-refractivity contribution >= 4 is 11.9 Å². The lowest BCUT2D eigenvalue weighted by Crippen LogP contribution is -2.47. The van der Waals surface area contributed by atoms with Gasteiger partial charge in [-0.1, -0.05) is 0 Å². The number of nitrogens with zero attached hydrogens (tertiary/aromatic N) is 4. The third-order valence-corrected chi connectivity index (χ3v) is 7.50. The molecule has 1 amide bonds. The van der Waals surface area contributed by atoms with Crippen molar-refractivity contribution < 1.29 is 45.5 Å². The van der Waals surface area contributed by atoms with Crippen LogP contribution in [0.1, 0.15) is 61.7 Å². The number of imidazole rings is 1. The van der Waals surface area contributed by atoms with E-state index in [1.165, 1.54) is 30.7 Å². The van der Waals surface area contributed by atoms with Crippen molar-refractivity contribution in [1.82, 2.24) is 14.5 Å². The Morgan fingerprint density at radius 2 is 1.55 bits per heavy atom. The predicted molar refractivity (Wildman–Crippen MR) is 132 cm³/mol. The summed E-state index contributed by atoms with van der Waals surface area (Å²) in [6, 6.07) is -0.0331. The lowest BCUT2D eigenvalue weighted by molar-refractivity contribution is -0.921. The number of halogens is 6. The van der Waals surface area contributed by atoms with E-state index in [1.807, 2.05) is 0 Å². The summed E-state index contributed by atoms with van der Waals surface area (Å²) >= 11 is 0. The molecule has 0 saturated carbocycles. The zero-order valence-electron chi connectivity index (χ0n) is 23.0. The number of alkyl halides is 3. The van der Waals surface area contributed by atoms with Crippen LogP contribution in [0.2, 0.25) is 0 Å². The number of quaternary nitrogens is 1. The van der Waals surface area contributed by atoms with E-state index >= 15 is 0 Å². The molecule has 0 radical (unpaired) electrons. The Kier molecular flexibility index (Phi) is 11.2. The average molecular weight is 580 g/mol. The topological polar surface area (TPSA) is 104 Å². The number of carbonyl (C=O) groups is 2. The lowest BCUT2D eigenvalue weighted by Gasteiger charge is -2.34. The molecule has 2 heterocycles. The van der Waals surface area contributed by atoms with Crippen LogP contribution in [0.4, 0.5) is 26.3 Å². The van der Waals surface area contributed by atoms with Crippen LogP contribution in [-0.4, -0.2) is 69.6 Å². The molecule has 0 aliphatic carbocycles. The average Bonchev–Trinajstić information content (AvgIpc) is 3.29. The van der Waals surface area contributed by atoms with Crippen LogP contribution >= 0.6 is 0 Å². The maximum Gasteiger partial charge on any atom is 0.449 e. The van der Waals surface area contributed by atoms with Crippen molar-refractivity contribution in [2.45, 2.75) is 65.8 Å². The molecule has 8 nitrogen and oxygen atoms in total. The Morgan fingerprint density at radius 1 is 1.00 bits per heavy atom. The smallest absolute Gasteiger partial charge is 0.449 e. The first-order chi connectivity index (χ1) is 18.6. The van der Waals surface area contributed by atoms with Gasteiger partial charge in [-0.25, -0.2) is 18.2 Å². The highest BCUT2D eigenvalue weighted by Crippen LogP contribution is 2.32. The number of carboxylic acid groups (broad SMARTS) is 1. The summed E-state index contributed by atoms with van der Waals surface area (Å²) < 4.78 is 81.3. The maximum atomic E-state index is 13.7. The molecule has 0 spiro atoms. The fourth-order valence-electron chi connectivity index (χ4n) is 4.73. The number of aromatic carboxylic acids is 1. The summed E-state index contributed by atoms with van der Waals surface area (Å²) in [5, 5.41) is 11.2. The van der Waals surface area contributed by atoms with Gasteiger partial charge >= 0.3 is 6.18 Å². The van der Waals surface area contributed by atoms with Gasteiger partial charge in [0.1, 0.15) is 11.5 Å². The zero-order chi connectivity index (χ0) is 30.4. The molecule has 1 atom stereocenters. The number of benzene rings is 1. The van der Waals surface area contributed by atoms with Gasteiger partial charge in [-0.15, -0.1) is 0 Å². The fraction of sp³-hybridized carbons (Fsp3) is 0.577. The van der Waals surface area contributed by atoms with Gasteiger partial charge in [0.05, 0.1) is 44.4 Å². The van der Waals surface area contributed by atoms with Gasteiger partial charge in [0, 0.05) is 31.6 Å². The molecule has 1 aliphatic heterocycles. The summed E-state index contributed by atoms with van der Waals surface area (Å²) in [6.07, 6.45) is -5.59. The number of fused-ring (bicyclic) bond motifs is 1. The number of hydrogen-bond donors (Lipinski definition) is 1. The molecule has 14 heteroatoms. The Bertz CT molecular complexity index is 1180. The molecule has 0 bridgehead atoms. The second-order valence-corrected chi connectivity index (χ2v) is 9.62. The molecule has 1 aromatic heterocycles. The number of carbonyl (C=O) groups excluding carboxylic acids is 2. The van der Waals surface area contributed by atoms with Crippen molar-refractivity contribution in [1.29, 1.82) is 0 Å². The summed E-state index contributed by atoms with van der Waals surface area (Å²) in [5.74, 6) is -7.66. The van der Waals surface area contributed by atoms with Gasteiger partial charge in [-0.2, -0.15) is 13.2 Å². The number of nitrogens with two attached hydrogens (primary N) is 1. The van der Waals surface area contributed by atoms with Gasteiger partial charge in [0.2, 0.25) is 11.7 Å². The Balaban J connectivity index is 0.000000536. The highest BCUT2D eigenvalue weighted by Gasteiger charge is 2.40. The molecule has 0 saturated heterocycles. The highest BCUT2D eigenvalue weighted by atomic mass is 19.4. The zero-order valence-corrected chi connectivity index (χ0v) is 23.0. The molecule has 3 rings (SSSR count). The minimum absolute atomic E-state index is 0.177. The van der Waals surface area contributed by atoms with Crippen molar-refractivity contribution in [2.24, 2.45) is 5.73 Å². The quantitative estimate of drug-likeness (QED) is 0.280. The summed E-state index contributed by atoms with van der Waals surface area (Å²) in [6.45, 7) is 13.2. The van der Waals surface area contributed by atoms with Crippen LogP contribution in [0.15, 0.2) is 12.1 Å². The number of amides is 1. The van der Waals surface area contributed by atoms with Gasteiger partial charge in [0.15, 0.2) is 11.6 Å². The second-order valence-electron chi connectivity index (χ2n) is 9.62. The van der Waals surface area contributed by atoms with Gasteiger partial charge in [0.25, 0.3) is 0 Å². The van der Waals surface area contributed by atoms with E-state index in [-0.39, 0.29) is 37.2 Å². The first kappa shape index (κ1) is 33.1. The summed E-state index contributed by atoms with van der Waals surface area (Å²) in [4.78, 5) is 27.9. The van der Waals surface area contributed by atoms with E-state index in [2.05, 4.69) is 32.7 Å². The van der Waals surface area contributed by atoms with Gasteiger partial charge in [-0.3, -0.25) is 4.79 Å². The minimum Gasteiger partial charge on any atom is -0.543 e. The van der Waals surface area contributed by atoms with Gasteiger partial charge < -0.3 is 29.6 Å². The molecule has 0 fully saturated rings. The Hall–Kier alpha value is -3.13. The minimum atomic E-state index is -4.90. The summed E-state index contributed by atoms with van der Waals surface area (Å²) in [7, 11) is 0. The van der Waals surface area contributed by atoms with E-state index in [1.54, 1.807) is 0 Å². The van der Waals surface area contributed by atoms with Crippen LogP contribution in [0.3, 0.4) is 0 Å². The SMILES string of the molecule is CC[N+](CC)(CC)CC.N[C@@H](CC(=O)N1CCn2c(C(F)(F)F)nc(C(=O)[O-])c2C1)Cc1cc(F)c(F)cc1F. The van der Waals surface area contributed by atoms with Crippen molar-refractivity contribution in [3.05, 3.63) is 52.4 Å². The van der Waals surface area contributed by atoms with Crippen molar-refractivity contribution in [2.75, 3.05) is 32.7 Å². The third kappa shape index (κ3) is 7.74. The Labute approximate surface area is 229 Å². The van der Waals surface area contributed by atoms with Crippen LogP contribution in [0.25, 0.3) is 0 Å². The van der Waals surface area contributed by atoms with E-state index in [9.17, 15) is 41.0 Å². The van der Waals surface area contributed by atoms with Crippen LogP contribution in [0.5, 0.6) is 0 Å². The molecule has 224 valence electrons. The van der Waals surface area contributed by atoms with Gasteiger partial charge in [-0.05, 0) is 45.7 Å². The lowest BCUT2D eigenvalue weighted by atomic mass is 10.0. The first-order valence-corrected chi connectivity index (χ1v) is 13.0. The predicted octanol–water partition coefficient (Wildman–Crippen LogP) is 2.87. The molecular formula is C26H35F6N5O3. The number of rotatable bonds is 9. The molecule has 40 heavy (non-hydrogen) atoms. The van der Waals surface area contributed by atoms with Crippen LogP contribution < -0.4 is 10.8 Å². The van der Waals surface area contributed by atoms with Crippen LogP contribution in [-0.2, 0) is 30.5 Å².